The van der Waals surface area contributed by atoms with E-state index < -0.39 is 69.6 Å². The Morgan fingerprint density at radius 1 is 1.19 bits per heavy atom. The first kappa shape index (κ1) is 24.2. The van der Waals surface area contributed by atoms with Crippen molar-refractivity contribution in [2.75, 3.05) is 14.1 Å². The van der Waals surface area contributed by atoms with Crippen molar-refractivity contribution in [1.82, 2.24) is 4.90 Å². The molecule has 0 fully saturated rings. The Bertz CT molecular complexity index is 1480. The number of halogens is 2. The molecule has 0 aromatic heterocycles. The largest absolute Gasteiger partial charge is 0.510 e. The number of carbonyl (C=O) groups is 3. The molecule has 3 aliphatic carbocycles. The molecule has 1 amide bonds. The number of aliphatic hydroxyl groups is 3. The number of allylic oxidation sites excluding steroid dienone is 1. The number of ketones is 2. The van der Waals surface area contributed by atoms with E-state index in [-0.39, 0.29) is 40.0 Å². The van der Waals surface area contributed by atoms with Crippen molar-refractivity contribution < 1.29 is 39.2 Å². The van der Waals surface area contributed by atoms with Gasteiger partial charge in [0.25, 0.3) is 5.91 Å². The van der Waals surface area contributed by atoms with Gasteiger partial charge in [-0.1, -0.05) is 11.6 Å². The summed E-state index contributed by atoms with van der Waals surface area (Å²) in [6, 6.07) is 2.49. The van der Waals surface area contributed by atoms with E-state index in [0.717, 1.165) is 6.07 Å². The summed E-state index contributed by atoms with van der Waals surface area (Å²) in [4.78, 5) is 40.4. The zero-order chi connectivity index (χ0) is 26.4. The van der Waals surface area contributed by atoms with Crippen LogP contribution in [-0.4, -0.2) is 68.5 Å². The van der Waals surface area contributed by atoms with Gasteiger partial charge in [0.05, 0.1) is 16.6 Å². The molecule has 188 valence electrons. The maximum Gasteiger partial charge on any atom is 0.255 e. The smallest absolute Gasteiger partial charge is 0.255 e. The molecule has 36 heavy (non-hydrogen) atoms. The molecule has 3 aliphatic rings. The molecule has 2 aromatic rings. The molecule has 0 saturated carbocycles. The molecule has 0 unspecified atom stereocenters. The number of nitrogens with zero attached hydrogens (tertiary/aromatic N) is 1. The number of amides is 1. The van der Waals surface area contributed by atoms with Gasteiger partial charge in [0.1, 0.15) is 28.7 Å². The molecule has 0 saturated heterocycles. The number of primary amides is 1. The predicted octanol–water partition coefficient (Wildman–Crippen LogP) is 2.07. The minimum atomic E-state index is -2.73. The molecular weight excluding hydrogens is 495 g/mol. The first-order chi connectivity index (χ1) is 16.8. The average molecular weight is 517 g/mol. The zero-order valence-electron chi connectivity index (χ0n) is 19.2. The predicted molar refractivity (Wildman–Crippen MR) is 126 cm³/mol. The van der Waals surface area contributed by atoms with Crippen LogP contribution in [0.1, 0.15) is 22.3 Å². The lowest BCUT2D eigenvalue weighted by atomic mass is 9.58. The quantitative estimate of drug-likeness (QED) is 0.379. The van der Waals surface area contributed by atoms with E-state index in [1.54, 1.807) is 14.1 Å². The number of hydrogen-bond acceptors (Lipinski definition) is 8. The van der Waals surface area contributed by atoms with Crippen LogP contribution in [0.4, 0.5) is 4.39 Å². The molecule has 0 bridgehead atoms. The number of aliphatic hydroxyl groups excluding tert-OH is 2. The molecule has 11 heteroatoms. The van der Waals surface area contributed by atoms with Gasteiger partial charge in [-0.15, -0.1) is 0 Å². The topological polar surface area (TPSA) is 161 Å². The van der Waals surface area contributed by atoms with Crippen molar-refractivity contribution >= 4 is 39.8 Å². The second-order valence-electron chi connectivity index (χ2n) is 9.67. The van der Waals surface area contributed by atoms with Crippen LogP contribution in [-0.2, 0) is 16.0 Å². The fraction of sp³-hybridized carbons (Fsp3) is 0.320. The molecule has 6 N–H and O–H groups in total. The number of likely N-dealkylation sites (N-methyl/N-ethyl adjacent to an activating group) is 1. The molecule has 4 atom stereocenters. The van der Waals surface area contributed by atoms with E-state index in [2.05, 4.69) is 0 Å². The van der Waals surface area contributed by atoms with Gasteiger partial charge in [0.2, 0.25) is 5.78 Å². The summed E-state index contributed by atoms with van der Waals surface area (Å²) in [6.45, 7) is 0. The first-order valence-electron chi connectivity index (χ1n) is 11.1. The van der Waals surface area contributed by atoms with E-state index in [0.29, 0.717) is 5.39 Å². The lowest BCUT2D eigenvalue weighted by Gasteiger charge is -2.50. The van der Waals surface area contributed by atoms with Gasteiger partial charge in [0, 0.05) is 22.3 Å². The Kier molecular flexibility index (Phi) is 5.23. The van der Waals surface area contributed by atoms with Crippen LogP contribution in [0.5, 0.6) is 5.75 Å². The van der Waals surface area contributed by atoms with Crippen LogP contribution in [0.2, 0.25) is 5.02 Å². The lowest BCUT2D eigenvalue weighted by molar-refractivity contribution is -0.148. The highest BCUT2D eigenvalue weighted by molar-refractivity contribution is 6.38. The summed E-state index contributed by atoms with van der Waals surface area (Å²) < 4.78 is 13.9. The first-order valence-corrected chi connectivity index (χ1v) is 11.5. The van der Waals surface area contributed by atoms with E-state index in [1.807, 2.05) is 0 Å². The van der Waals surface area contributed by atoms with Gasteiger partial charge in [-0.2, -0.15) is 0 Å². The Labute approximate surface area is 208 Å². The van der Waals surface area contributed by atoms with Crippen LogP contribution in [0.15, 0.2) is 40.9 Å². The van der Waals surface area contributed by atoms with Crippen molar-refractivity contribution in [2.24, 2.45) is 17.6 Å². The van der Waals surface area contributed by atoms with E-state index in [9.17, 15) is 39.2 Å². The Balaban J connectivity index is 1.78. The van der Waals surface area contributed by atoms with Crippen LogP contribution in [0.3, 0.4) is 0 Å². The minimum absolute atomic E-state index is 0.0108. The van der Waals surface area contributed by atoms with Crippen LogP contribution < -0.4 is 5.73 Å². The SMILES string of the molecule is CN(C)[C@@H]1C(O)=C(C(N)=O)C(=O)[C@@]2(O)C(O)=C3C(=O)c4c(c(Cl)c5ccc(F)cc5c4O)C[C@H]3C[C@@H]12. The number of carbonyl (C=O) groups excluding carboxylic acids is 3. The number of fused-ring (bicyclic) bond motifs is 4. The Morgan fingerprint density at radius 2 is 1.86 bits per heavy atom. The van der Waals surface area contributed by atoms with Crippen LogP contribution in [0, 0.1) is 17.7 Å². The highest BCUT2D eigenvalue weighted by atomic mass is 35.5. The summed E-state index contributed by atoms with van der Waals surface area (Å²) in [7, 11) is 3.10. The average Bonchev–Trinajstić information content (AvgIpc) is 2.79. The third kappa shape index (κ3) is 2.92. The second-order valence-corrected chi connectivity index (χ2v) is 10.0. The van der Waals surface area contributed by atoms with Crippen molar-refractivity contribution in [1.29, 1.82) is 0 Å². The highest BCUT2D eigenvalue weighted by Crippen LogP contribution is 2.53. The Morgan fingerprint density at radius 3 is 2.47 bits per heavy atom. The van der Waals surface area contributed by atoms with Gasteiger partial charge < -0.3 is 26.2 Å². The van der Waals surface area contributed by atoms with Gasteiger partial charge >= 0.3 is 0 Å². The van der Waals surface area contributed by atoms with Crippen molar-refractivity contribution in [3.05, 3.63) is 62.8 Å². The molecular formula is C25H22ClFN2O7. The second kappa shape index (κ2) is 7.76. The van der Waals surface area contributed by atoms with Crippen LogP contribution in [0.25, 0.3) is 10.8 Å². The summed E-state index contributed by atoms with van der Waals surface area (Å²) in [5, 5.41) is 45.0. The van der Waals surface area contributed by atoms with E-state index in [1.165, 1.54) is 17.0 Å². The third-order valence-corrected chi connectivity index (χ3v) is 8.02. The number of aromatic hydroxyl groups is 1. The van der Waals surface area contributed by atoms with Gasteiger partial charge in [0.15, 0.2) is 11.4 Å². The molecule has 2 aromatic carbocycles. The third-order valence-electron chi connectivity index (χ3n) is 7.59. The molecule has 0 heterocycles. The van der Waals surface area contributed by atoms with Crippen molar-refractivity contribution in [3.63, 3.8) is 0 Å². The van der Waals surface area contributed by atoms with Gasteiger partial charge in [-0.25, -0.2) is 4.39 Å². The fourth-order valence-electron chi connectivity index (χ4n) is 6.04. The Hall–Kier alpha value is -3.47. The summed E-state index contributed by atoms with van der Waals surface area (Å²) in [6.07, 6.45) is -0.00143. The van der Waals surface area contributed by atoms with Gasteiger partial charge in [-0.05, 0) is 56.6 Å². The summed E-state index contributed by atoms with van der Waals surface area (Å²) >= 11 is 6.59. The number of phenols is 1. The standard InChI is InChI=1S/C25H22ClFN2O7/c1-29(2)18-13-6-8-5-12-15(19(30)11-7-9(27)3-4-10(11)17(12)26)20(31)14(8)22(33)25(13,36)23(34)16(21(18)32)24(28)35/h3-4,7-8,13,18,30,32-33,36H,5-6H2,1-2H3,(H2,28,35)/t8-,13-,18-,25-/m0/s1. The summed E-state index contributed by atoms with van der Waals surface area (Å²) in [5.41, 5.74) is 1.41. The molecule has 5 rings (SSSR count). The fourth-order valence-corrected chi connectivity index (χ4v) is 6.38. The molecule has 0 aliphatic heterocycles. The maximum atomic E-state index is 13.9. The van der Waals surface area contributed by atoms with Crippen molar-refractivity contribution in [2.45, 2.75) is 24.5 Å². The number of rotatable bonds is 2. The maximum absolute atomic E-state index is 13.9. The monoisotopic (exact) mass is 516 g/mol. The molecule has 0 radical (unpaired) electrons. The normalized spacial score (nSPS) is 27.9. The molecule has 9 nitrogen and oxygen atoms in total. The van der Waals surface area contributed by atoms with Crippen LogP contribution >= 0.6 is 11.6 Å². The number of phenolic OH excluding ortho intramolecular Hbond substituents is 1. The van der Waals surface area contributed by atoms with E-state index in [4.69, 9.17) is 17.3 Å². The van der Waals surface area contributed by atoms with Crippen molar-refractivity contribution in [3.8, 4) is 5.75 Å². The molecule has 0 spiro atoms. The summed E-state index contributed by atoms with van der Waals surface area (Å²) in [5.74, 6) is -8.21. The minimum Gasteiger partial charge on any atom is -0.510 e. The lowest BCUT2D eigenvalue weighted by Crippen LogP contribution is -2.63. The zero-order valence-corrected chi connectivity index (χ0v) is 19.9. The van der Waals surface area contributed by atoms with Gasteiger partial charge in [-0.3, -0.25) is 19.3 Å². The number of Topliss-reactive ketones (excluding diaryl/α,β-unsaturated/α-hetero) is 2. The number of nitrogens with two attached hydrogens (primary N) is 1. The number of hydrogen-bond donors (Lipinski definition) is 5. The highest BCUT2D eigenvalue weighted by Gasteiger charge is 2.63. The number of benzene rings is 2. The van der Waals surface area contributed by atoms with E-state index >= 15 is 0 Å².